The van der Waals surface area contributed by atoms with Crippen LogP contribution in [0.2, 0.25) is 5.02 Å². The number of halogens is 4. The van der Waals surface area contributed by atoms with Crippen LogP contribution in [0.3, 0.4) is 0 Å². The van der Waals surface area contributed by atoms with Crippen molar-refractivity contribution in [3.63, 3.8) is 0 Å². The van der Waals surface area contributed by atoms with Crippen LogP contribution in [0.1, 0.15) is 29.8 Å². The van der Waals surface area contributed by atoms with Gasteiger partial charge in [0.1, 0.15) is 17.1 Å². The van der Waals surface area contributed by atoms with Crippen LogP contribution in [0, 0.1) is 10.1 Å². The average Bonchev–Trinajstić information content (AvgIpc) is 2.72. The fourth-order valence-corrected chi connectivity index (χ4v) is 2.75. The van der Waals surface area contributed by atoms with Crippen molar-refractivity contribution in [2.75, 3.05) is 6.61 Å². The SMILES string of the molecule is CCOC(=O)C(OC(=O)c1cc(Oc2ccc(C(F)(F)F)cc2Cl)ccc1[N+](=O)[O-])C(C)O. The predicted molar refractivity (Wildman–Crippen MR) is 107 cm³/mol. The molecule has 0 spiro atoms. The third kappa shape index (κ3) is 6.56. The molecule has 33 heavy (non-hydrogen) atoms. The normalized spacial score (nSPS) is 13.1. The first-order chi connectivity index (χ1) is 15.3. The molecule has 0 aliphatic heterocycles. The predicted octanol–water partition coefficient (Wildman–Crippen LogP) is 4.53. The Morgan fingerprint density at radius 2 is 1.88 bits per heavy atom. The minimum atomic E-state index is -4.63. The van der Waals surface area contributed by atoms with Gasteiger partial charge in [0.2, 0.25) is 6.10 Å². The number of esters is 2. The monoisotopic (exact) mass is 491 g/mol. The number of carbonyl (C=O) groups excluding carboxylic acids is 2. The molecule has 0 saturated carbocycles. The molecular weight excluding hydrogens is 475 g/mol. The minimum Gasteiger partial charge on any atom is -0.463 e. The van der Waals surface area contributed by atoms with Gasteiger partial charge < -0.3 is 19.3 Å². The zero-order chi connectivity index (χ0) is 24.9. The number of aliphatic hydroxyl groups is 1. The molecular formula is C20H17ClF3NO8. The molecule has 13 heteroatoms. The van der Waals surface area contributed by atoms with Gasteiger partial charge in [-0.2, -0.15) is 13.2 Å². The number of aliphatic hydroxyl groups excluding tert-OH is 1. The van der Waals surface area contributed by atoms with E-state index in [0.717, 1.165) is 31.2 Å². The van der Waals surface area contributed by atoms with Gasteiger partial charge >= 0.3 is 18.1 Å². The van der Waals surface area contributed by atoms with Crippen molar-refractivity contribution < 1.29 is 47.0 Å². The Hall–Kier alpha value is -3.38. The van der Waals surface area contributed by atoms with Crippen LogP contribution in [-0.4, -0.2) is 40.8 Å². The second-order valence-corrected chi connectivity index (χ2v) is 6.91. The zero-order valence-corrected chi connectivity index (χ0v) is 17.8. The van der Waals surface area contributed by atoms with Crippen molar-refractivity contribution in [1.29, 1.82) is 0 Å². The van der Waals surface area contributed by atoms with Gasteiger partial charge in [-0.05, 0) is 38.1 Å². The Morgan fingerprint density at radius 1 is 1.21 bits per heavy atom. The lowest BCUT2D eigenvalue weighted by Gasteiger charge is -2.19. The maximum Gasteiger partial charge on any atom is 0.416 e. The van der Waals surface area contributed by atoms with E-state index in [2.05, 4.69) is 0 Å². The number of carbonyl (C=O) groups is 2. The fourth-order valence-electron chi connectivity index (χ4n) is 2.53. The minimum absolute atomic E-state index is 0.0725. The van der Waals surface area contributed by atoms with E-state index >= 15 is 0 Å². The molecule has 178 valence electrons. The van der Waals surface area contributed by atoms with Crippen molar-refractivity contribution in [1.82, 2.24) is 0 Å². The number of hydrogen-bond donors (Lipinski definition) is 1. The van der Waals surface area contributed by atoms with Crippen molar-refractivity contribution in [2.24, 2.45) is 0 Å². The van der Waals surface area contributed by atoms with Gasteiger partial charge in [0.25, 0.3) is 5.69 Å². The van der Waals surface area contributed by atoms with Crippen LogP contribution in [0.4, 0.5) is 18.9 Å². The van der Waals surface area contributed by atoms with Crippen LogP contribution >= 0.6 is 11.6 Å². The van der Waals surface area contributed by atoms with Gasteiger partial charge in [0, 0.05) is 12.1 Å². The number of rotatable bonds is 8. The van der Waals surface area contributed by atoms with Gasteiger partial charge in [-0.3, -0.25) is 10.1 Å². The number of alkyl halides is 3. The summed E-state index contributed by atoms with van der Waals surface area (Å²) < 4.78 is 53.3. The molecule has 0 heterocycles. The second kappa shape index (κ2) is 10.5. The van der Waals surface area contributed by atoms with E-state index < -0.39 is 57.1 Å². The number of nitro benzene ring substituents is 1. The molecule has 2 unspecified atom stereocenters. The lowest BCUT2D eigenvalue weighted by atomic mass is 10.1. The van der Waals surface area contributed by atoms with Crippen LogP contribution in [0.15, 0.2) is 36.4 Å². The molecule has 0 aliphatic carbocycles. The van der Waals surface area contributed by atoms with E-state index in [1.807, 2.05) is 0 Å². The molecule has 0 radical (unpaired) electrons. The number of nitro groups is 1. The molecule has 2 aromatic rings. The highest BCUT2D eigenvalue weighted by molar-refractivity contribution is 6.32. The van der Waals surface area contributed by atoms with E-state index in [1.165, 1.54) is 6.92 Å². The van der Waals surface area contributed by atoms with Crippen LogP contribution in [-0.2, 0) is 20.4 Å². The number of ether oxygens (including phenoxy) is 3. The van der Waals surface area contributed by atoms with E-state index in [1.54, 1.807) is 0 Å². The summed E-state index contributed by atoms with van der Waals surface area (Å²) in [6.45, 7) is 2.56. The molecule has 0 fully saturated rings. The standard InChI is InChI=1S/C20H17ClF3NO8/c1-3-31-19(28)17(10(2)26)33-18(27)13-9-12(5-6-15(13)25(29)30)32-16-7-4-11(8-14(16)21)20(22,23)24/h4-10,17,26H,3H2,1-2H3. The Bertz CT molecular complexity index is 1060. The average molecular weight is 492 g/mol. The van der Waals surface area contributed by atoms with Gasteiger partial charge in [0.15, 0.2) is 0 Å². The largest absolute Gasteiger partial charge is 0.463 e. The van der Waals surface area contributed by atoms with Gasteiger partial charge in [0.05, 0.1) is 28.2 Å². The van der Waals surface area contributed by atoms with Crippen molar-refractivity contribution in [3.05, 3.63) is 62.7 Å². The Kier molecular flexibility index (Phi) is 8.23. The molecule has 2 rings (SSSR count). The van der Waals surface area contributed by atoms with Crippen molar-refractivity contribution in [3.8, 4) is 11.5 Å². The molecule has 2 aromatic carbocycles. The highest BCUT2D eigenvalue weighted by atomic mass is 35.5. The van der Waals surface area contributed by atoms with E-state index in [0.29, 0.717) is 12.1 Å². The van der Waals surface area contributed by atoms with Gasteiger partial charge in [-0.25, -0.2) is 9.59 Å². The van der Waals surface area contributed by atoms with E-state index in [4.69, 9.17) is 25.8 Å². The molecule has 0 aliphatic rings. The lowest BCUT2D eigenvalue weighted by molar-refractivity contribution is -0.385. The summed E-state index contributed by atoms with van der Waals surface area (Å²) in [5.74, 6) is -2.82. The summed E-state index contributed by atoms with van der Waals surface area (Å²) in [7, 11) is 0. The molecule has 2 atom stereocenters. The van der Waals surface area contributed by atoms with Crippen LogP contribution < -0.4 is 4.74 Å². The maximum absolute atomic E-state index is 12.8. The Labute approximate surface area is 189 Å². The highest BCUT2D eigenvalue weighted by Gasteiger charge is 2.33. The van der Waals surface area contributed by atoms with Crippen LogP contribution in [0.5, 0.6) is 11.5 Å². The Balaban J connectivity index is 2.37. The molecule has 0 aromatic heterocycles. The fraction of sp³-hybridized carbons (Fsp3) is 0.300. The highest BCUT2D eigenvalue weighted by Crippen LogP contribution is 2.37. The third-order valence-electron chi connectivity index (χ3n) is 4.06. The summed E-state index contributed by atoms with van der Waals surface area (Å²) in [5.41, 5.74) is -2.37. The zero-order valence-electron chi connectivity index (χ0n) is 17.1. The van der Waals surface area contributed by atoms with E-state index in [9.17, 15) is 38.0 Å². The summed E-state index contributed by atoms with van der Waals surface area (Å²) >= 11 is 5.83. The second-order valence-electron chi connectivity index (χ2n) is 6.50. The number of benzene rings is 2. The first kappa shape index (κ1) is 25.9. The van der Waals surface area contributed by atoms with Crippen molar-refractivity contribution >= 4 is 29.2 Å². The van der Waals surface area contributed by atoms with Gasteiger partial charge in [-0.15, -0.1) is 0 Å². The van der Waals surface area contributed by atoms with Crippen LogP contribution in [0.25, 0.3) is 0 Å². The lowest BCUT2D eigenvalue weighted by Crippen LogP contribution is -2.38. The Morgan fingerprint density at radius 3 is 2.39 bits per heavy atom. The van der Waals surface area contributed by atoms with Crippen molar-refractivity contribution in [2.45, 2.75) is 32.2 Å². The quantitative estimate of drug-likeness (QED) is 0.324. The molecule has 1 N–H and O–H groups in total. The molecule has 0 amide bonds. The first-order valence-electron chi connectivity index (χ1n) is 9.23. The summed E-state index contributed by atoms with van der Waals surface area (Å²) in [4.78, 5) is 34.9. The topological polar surface area (TPSA) is 125 Å². The maximum atomic E-state index is 12.8. The molecule has 0 saturated heterocycles. The molecule has 0 bridgehead atoms. The summed E-state index contributed by atoms with van der Waals surface area (Å²) in [6.07, 6.45) is -7.88. The number of nitrogens with zero attached hydrogens (tertiary/aromatic N) is 1. The van der Waals surface area contributed by atoms with E-state index in [-0.39, 0.29) is 18.1 Å². The van der Waals surface area contributed by atoms with Gasteiger partial charge in [-0.1, -0.05) is 11.6 Å². The summed E-state index contributed by atoms with van der Waals surface area (Å²) in [5, 5.41) is 20.6. The smallest absolute Gasteiger partial charge is 0.416 e. The number of hydrogen-bond acceptors (Lipinski definition) is 8. The third-order valence-corrected chi connectivity index (χ3v) is 4.36. The summed E-state index contributed by atoms with van der Waals surface area (Å²) in [6, 6.07) is 5.15. The first-order valence-corrected chi connectivity index (χ1v) is 9.61. The molecule has 9 nitrogen and oxygen atoms in total.